The Morgan fingerprint density at radius 1 is 1.14 bits per heavy atom. The molecule has 0 unspecified atom stereocenters. The summed E-state index contributed by atoms with van der Waals surface area (Å²) in [4.78, 5) is 4.40. The highest BCUT2D eigenvalue weighted by Gasteiger charge is 2.27. The van der Waals surface area contributed by atoms with E-state index in [-0.39, 0.29) is 6.61 Å². The monoisotopic (exact) mass is 395 g/mol. The molecule has 0 spiro atoms. The summed E-state index contributed by atoms with van der Waals surface area (Å²) in [5.41, 5.74) is 1.64. The zero-order valence-electron chi connectivity index (χ0n) is 16.0. The summed E-state index contributed by atoms with van der Waals surface area (Å²) in [7, 11) is 0. The predicted octanol–water partition coefficient (Wildman–Crippen LogP) is 3.98. The van der Waals surface area contributed by atoms with Gasteiger partial charge in [0.25, 0.3) is 0 Å². The Bertz CT molecular complexity index is 914. The van der Waals surface area contributed by atoms with Crippen molar-refractivity contribution >= 4 is 11.6 Å². The first-order chi connectivity index (χ1) is 14.1. The fraction of sp³-hybridized carbons (Fsp3) is 0.261. The van der Waals surface area contributed by atoms with Gasteiger partial charge in [-0.1, -0.05) is 12.1 Å². The molecule has 6 heteroatoms. The van der Waals surface area contributed by atoms with Gasteiger partial charge in [-0.2, -0.15) is 0 Å². The molecular formula is C23H25NO5. The fourth-order valence-corrected chi connectivity index (χ4v) is 3.20. The molecule has 0 amide bonds. The van der Waals surface area contributed by atoms with Crippen molar-refractivity contribution in [1.82, 2.24) is 4.98 Å². The molecule has 29 heavy (non-hydrogen) atoms. The van der Waals surface area contributed by atoms with Gasteiger partial charge < -0.3 is 24.2 Å². The number of nitrogens with zero attached hydrogens (tertiary/aromatic N) is 1. The van der Waals surface area contributed by atoms with Gasteiger partial charge in [0.1, 0.15) is 30.0 Å². The molecule has 3 atom stereocenters. The number of allylic oxidation sites excluding steroid dienone is 1. The van der Waals surface area contributed by atoms with Crippen LogP contribution in [0.5, 0.6) is 0 Å². The molecule has 0 bridgehead atoms. The van der Waals surface area contributed by atoms with E-state index in [0.29, 0.717) is 30.1 Å². The number of furan rings is 2. The lowest BCUT2D eigenvalue weighted by Crippen LogP contribution is -2.25. The third-order valence-corrected chi connectivity index (χ3v) is 4.77. The fourth-order valence-electron chi connectivity index (χ4n) is 3.20. The topological polar surface area (TPSA) is 99.9 Å². The first-order valence-corrected chi connectivity index (χ1v) is 9.46. The van der Waals surface area contributed by atoms with E-state index in [0.717, 1.165) is 11.3 Å². The number of rotatable bonds is 10. The van der Waals surface area contributed by atoms with Crippen molar-refractivity contribution in [1.29, 1.82) is 0 Å². The van der Waals surface area contributed by atoms with E-state index in [1.54, 1.807) is 36.5 Å². The molecule has 3 N–H and O–H groups in total. The lowest BCUT2D eigenvalue weighted by atomic mass is 9.90. The lowest BCUT2D eigenvalue weighted by Gasteiger charge is -2.24. The average Bonchev–Trinajstić information content (AvgIpc) is 3.44. The predicted molar refractivity (Wildman–Crippen MR) is 109 cm³/mol. The van der Waals surface area contributed by atoms with E-state index in [9.17, 15) is 15.3 Å². The van der Waals surface area contributed by atoms with Crippen LogP contribution in [-0.4, -0.2) is 26.4 Å². The Kier molecular flexibility index (Phi) is 7.19. The summed E-state index contributed by atoms with van der Waals surface area (Å²) in [6.45, 7) is 3.58. The van der Waals surface area contributed by atoms with Crippen molar-refractivity contribution in [2.75, 3.05) is 0 Å². The maximum atomic E-state index is 10.7. The minimum atomic E-state index is -0.975. The van der Waals surface area contributed by atoms with E-state index < -0.39 is 18.1 Å². The zero-order chi connectivity index (χ0) is 20.6. The quantitative estimate of drug-likeness (QED) is 0.449. The molecule has 3 aromatic rings. The Balaban J connectivity index is 1.76. The summed E-state index contributed by atoms with van der Waals surface area (Å²) < 4.78 is 10.8. The van der Waals surface area contributed by atoms with Crippen LogP contribution in [0, 0.1) is 5.92 Å². The molecule has 0 aliphatic heterocycles. The molecule has 3 aromatic heterocycles. The minimum absolute atomic E-state index is 0.169. The Morgan fingerprint density at radius 2 is 2.00 bits per heavy atom. The first kappa shape index (κ1) is 20.8. The second-order valence-electron chi connectivity index (χ2n) is 6.73. The highest BCUT2D eigenvalue weighted by atomic mass is 16.4. The van der Waals surface area contributed by atoms with Crippen LogP contribution in [-0.2, 0) is 6.61 Å². The number of pyridine rings is 1. The maximum Gasteiger partial charge on any atom is 0.132 e. The second kappa shape index (κ2) is 10.0. The lowest BCUT2D eigenvalue weighted by molar-refractivity contribution is 0.0214. The molecule has 0 aromatic carbocycles. The van der Waals surface area contributed by atoms with Crippen LogP contribution in [0.3, 0.4) is 0 Å². The van der Waals surface area contributed by atoms with Gasteiger partial charge in [-0.05, 0) is 60.9 Å². The van der Waals surface area contributed by atoms with Gasteiger partial charge in [-0.15, -0.1) is 6.58 Å². The normalized spacial score (nSPS) is 15.1. The molecule has 0 saturated heterocycles. The van der Waals surface area contributed by atoms with Crippen LogP contribution in [0.25, 0.3) is 11.6 Å². The summed E-state index contributed by atoms with van der Waals surface area (Å²) in [6, 6.07) is 12.5. The average molecular weight is 395 g/mol. The second-order valence-corrected chi connectivity index (χ2v) is 6.73. The van der Waals surface area contributed by atoms with Crippen molar-refractivity contribution in [2.24, 2.45) is 5.92 Å². The van der Waals surface area contributed by atoms with Crippen molar-refractivity contribution < 1.29 is 24.2 Å². The maximum absolute atomic E-state index is 10.7. The van der Waals surface area contributed by atoms with Crippen LogP contribution in [0.15, 0.2) is 76.4 Å². The molecule has 0 fully saturated rings. The van der Waals surface area contributed by atoms with E-state index in [4.69, 9.17) is 8.83 Å². The standard InChI is InChI=1S/C23H25NO5/c1-2-19(23(27)22-7-5-13-28-22)21(26)11-8-16(20-6-3-4-12-24-20)14-17-9-10-18(15-25)29-17/h2-7,9-10,12-14,19,21,23,25-27H,1,8,11,15H2/b16-14-/t19-,21-,23+/m1/s1. The van der Waals surface area contributed by atoms with Crippen molar-refractivity contribution in [2.45, 2.75) is 31.7 Å². The summed E-state index contributed by atoms with van der Waals surface area (Å²) in [5, 5.41) is 30.4. The van der Waals surface area contributed by atoms with Crippen LogP contribution < -0.4 is 0 Å². The van der Waals surface area contributed by atoms with Crippen LogP contribution in [0.4, 0.5) is 0 Å². The smallest absolute Gasteiger partial charge is 0.132 e. The van der Waals surface area contributed by atoms with Crippen molar-refractivity contribution in [3.8, 4) is 0 Å². The van der Waals surface area contributed by atoms with Crippen LogP contribution in [0.2, 0.25) is 0 Å². The third kappa shape index (κ3) is 5.32. The van der Waals surface area contributed by atoms with E-state index in [1.165, 1.54) is 6.26 Å². The van der Waals surface area contributed by atoms with Gasteiger partial charge >= 0.3 is 0 Å². The van der Waals surface area contributed by atoms with Gasteiger partial charge in [-0.25, -0.2) is 0 Å². The molecular weight excluding hydrogens is 370 g/mol. The largest absolute Gasteiger partial charge is 0.467 e. The first-order valence-electron chi connectivity index (χ1n) is 9.46. The molecule has 0 aliphatic carbocycles. The summed E-state index contributed by atoms with van der Waals surface area (Å²) in [6.07, 6.45) is 5.65. The molecule has 0 aliphatic rings. The Labute approximate surface area is 169 Å². The number of aliphatic hydroxyl groups excluding tert-OH is 3. The molecule has 0 saturated carbocycles. The zero-order valence-corrected chi connectivity index (χ0v) is 16.0. The molecule has 3 rings (SSSR count). The van der Waals surface area contributed by atoms with E-state index in [1.807, 2.05) is 24.3 Å². The van der Waals surface area contributed by atoms with Gasteiger partial charge in [0.15, 0.2) is 0 Å². The van der Waals surface area contributed by atoms with Gasteiger partial charge in [0.05, 0.1) is 18.1 Å². The van der Waals surface area contributed by atoms with Gasteiger partial charge in [-0.3, -0.25) is 4.98 Å². The molecule has 152 valence electrons. The number of aliphatic hydroxyl groups is 3. The summed E-state index contributed by atoms with van der Waals surface area (Å²) in [5.74, 6) is 0.891. The highest BCUT2D eigenvalue weighted by molar-refractivity contribution is 5.78. The van der Waals surface area contributed by atoms with E-state index in [2.05, 4.69) is 11.6 Å². The Hall–Kier alpha value is -2.93. The van der Waals surface area contributed by atoms with Crippen LogP contribution >= 0.6 is 0 Å². The molecule has 6 nitrogen and oxygen atoms in total. The van der Waals surface area contributed by atoms with Crippen molar-refractivity contribution in [3.63, 3.8) is 0 Å². The molecule has 0 radical (unpaired) electrons. The van der Waals surface area contributed by atoms with Gasteiger partial charge in [0, 0.05) is 12.1 Å². The van der Waals surface area contributed by atoms with E-state index >= 15 is 0 Å². The summed E-state index contributed by atoms with van der Waals surface area (Å²) >= 11 is 0. The number of hydrogen-bond donors (Lipinski definition) is 3. The SMILES string of the molecule is C=C[C@H]([C@H](O)CC/C(=C/c1ccc(CO)o1)c1ccccn1)[C@H](O)c1ccco1. The van der Waals surface area contributed by atoms with Gasteiger partial charge in [0.2, 0.25) is 0 Å². The van der Waals surface area contributed by atoms with Crippen LogP contribution in [0.1, 0.15) is 41.9 Å². The Morgan fingerprint density at radius 3 is 2.62 bits per heavy atom. The molecule has 3 heterocycles. The highest BCUT2D eigenvalue weighted by Crippen LogP contribution is 2.30. The minimum Gasteiger partial charge on any atom is -0.467 e. The number of aromatic nitrogens is 1. The van der Waals surface area contributed by atoms with Crippen molar-refractivity contribution in [3.05, 3.63) is 90.6 Å². The number of hydrogen-bond acceptors (Lipinski definition) is 6. The third-order valence-electron chi connectivity index (χ3n) is 4.77.